The van der Waals surface area contributed by atoms with Gasteiger partial charge in [0.1, 0.15) is 0 Å². The third-order valence-corrected chi connectivity index (χ3v) is 4.61. The van der Waals surface area contributed by atoms with Gasteiger partial charge in [-0.05, 0) is 44.4 Å². The second kappa shape index (κ2) is 7.53. The van der Waals surface area contributed by atoms with Crippen LogP contribution in [-0.2, 0) is 14.8 Å². The summed E-state index contributed by atoms with van der Waals surface area (Å²) in [5.74, 6) is -1.14. The Morgan fingerprint density at radius 2 is 1.95 bits per heavy atom. The Balaban J connectivity index is 2.92. The molecule has 0 heterocycles. The fourth-order valence-electron chi connectivity index (χ4n) is 1.96. The molecule has 118 valence electrons. The number of hydrogen-bond acceptors (Lipinski definition) is 4. The fourth-order valence-corrected chi connectivity index (χ4v) is 3.28. The Bertz CT molecular complexity index is 610. The number of hydrogen-bond donors (Lipinski definition) is 2. The molecule has 0 aliphatic heterocycles. The molecule has 1 aromatic rings. The van der Waals surface area contributed by atoms with Crippen LogP contribution in [0.3, 0.4) is 0 Å². The number of sulfonamides is 1. The zero-order valence-corrected chi connectivity index (χ0v) is 13.3. The van der Waals surface area contributed by atoms with Crippen molar-refractivity contribution in [2.45, 2.75) is 32.1 Å². The lowest BCUT2D eigenvalue weighted by Crippen LogP contribution is -2.26. The van der Waals surface area contributed by atoms with E-state index in [0.717, 1.165) is 0 Å². The number of carboxylic acid groups (broad SMARTS) is 1. The molecule has 1 aromatic carbocycles. The third kappa shape index (κ3) is 4.80. The van der Waals surface area contributed by atoms with E-state index in [0.29, 0.717) is 30.8 Å². The Hall–Kier alpha value is -1.44. The van der Waals surface area contributed by atoms with Crippen molar-refractivity contribution in [2.75, 3.05) is 19.8 Å². The standard InChI is InChI=1S/C14H21NO5S/c1-4-20-7-5-6-15-21(18,19)13-9-12(14(16)17)10(2)8-11(13)3/h8-9,15H,4-7H2,1-3H3,(H,16,17). The van der Waals surface area contributed by atoms with Gasteiger partial charge in [0.2, 0.25) is 10.0 Å². The summed E-state index contributed by atoms with van der Waals surface area (Å²) < 4.78 is 32.0. The van der Waals surface area contributed by atoms with Crippen molar-refractivity contribution in [3.8, 4) is 0 Å². The van der Waals surface area contributed by atoms with Crippen molar-refractivity contribution in [3.63, 3.8) is 0 Å². The maximum absolute atomic E-state index is 12.2. The summed E-state index contributed by atoms with van der Waals surface area (Å²) in [5.41, 5.74) is 1.06. The molecule has 0 spiro atoms. The number of carboxylic acids is 1. The minimum absolute atomic E-state index is 0.00177. The summed E-state index contributed by atoms with van der Waals surface area (Å²) >= 11 is 0. The van der Waals surface area contributed by atoms with Gasteiger partial charge in [0, 0.05) is 19.8 Å². The monoisotopic (exact) mass is 315 g/mol. The predicted octanol–water partition coefficient (Wildman–Crippen LogP) is 1.71. The van der Waals surface area contributed by atoms with Crippen LogP contribution in [0.25, 0.3) is 0 Å². The molecule has 21 heavy (non-hydrogen) atoms. The summed E-state index contributed by atoms with van der Waals surface area (Å²) in [6.07, 6.45) is 0.559. The Kier molecular flexibility index (Phi) is 6.32. The zero-order chi connectivity index (χ0) is 16.0. The number of carbonyl (C=O) groups is 1. The summed E-state index contributed by atoms with van der Waals surface area (Å²) in [4.78, 5) is 11.1. The third-order valence-electron chi connectivity index (χ3n) is 3.00. The van der Waals surface area contributed by atoms with Gasteiger partial charge in [0.15, 0.2) is 0 Å². The lowest BCUT2D eigenvalue weighted by Gasteiger charge is -2.12. The second-order valence-corrected chi connectivity index (χ2v) is 6.42. The van der Waals surface area contributed by atoms with Crippen molar-refractivity contribution in [3.05, 3.63) is 28.8 Å². The molecule has 0 radical (unpaired) electrons. The summed E-state index contributed by atoms with van der Waals surface area (Å²) in [6, 6.07) is 2.77. The maximum atomic E-state index is 12.2. The molecule has 0 aliphatic rings. The minimum Gasteiger partial charge on any atom is -0.478 e. The number of nitrogens with one attached hydrogen (secondary N) is 1. The molecule has 0 amide bonds. The van der Waals surface area contributed by atoms with Gasteiger partial charge in [0.05, 0.1) is 10.5 Å². The Labute approximate surface area is 125 Å². The van der Waals surface area contributed by atoms with Crippen LogP contribution in [0.1, 0.15) is 34.8 Å². The van der Waals surface area contributed by atoms with Gasteiger partial charge in [-0.3, -0.25) is 0 Å². The predicted molar refractivity (Wildman–Crippen MR) is 79.2 cm³/mol. The van der Waals surface area contributed by atoms with Gasteiger partial charge in [-0.15, -0.1) is 0 Å². The number of aromatic carboxylic acids is 1. The van der Waals surface area contributed by atoms with E-state index in [9.17, 15) is 13.2 Å². The van der Waals surface area contributed by atoms with Gasteiger partial charge in [0.25, 0.3) is 0 Å². The normalized spacial score (nSPS) is 11.6. The van der Waals surface area contributed by atoms with E-state index in [1.165, 1.54) is 6.07 Å². The number of benzene rings is 1. The van der Waals surface area contributed by atoms with E-state index in [1.807, 2.05) is 6.92 Å². The first kappa shape index (κ1) is 17.6. The highest BCUT2D eigenvalue weighted by Gasteiger charge is 2.20. The zero-order valence-electron chi connectivity index (χ0n) is 12.5. The lowest BCUT2D eigenvalue weighted by molar-refractivity contribution is 0.0696. The lowest BCUT2D eigenvalue weighted by atomic mass is 10.1. The average molecular weight is 315 g/mol. The molecule has 0 saturated heterocycles. The van der Waals surface area contributed by atoms with Crippen LogP contribution >= 0.6 is 0 Å². The molecule has 1 rings (SSSR count). The largest absolute Gasteiger partial charge is 0.478 e. The Morgan fingerprint density at radius 3 is 2.52 bits per heavy atom. The number of ether oxygens (including phenoxy) is 1. The van der Waals surface area contributed by atoms with Crippen LogP contribution in [0, 0.1) is 13.8 Å². The smallest absolute Gasteiger partial charge is 0.335 e. The average Bonchev–Trinajstić information content (AvgIpc) is 2.37. The van der Waals surface area contributed by atoms with Crippen molar-refractivity contribution in [1.82, 2.24) is 4.72 Å². The van der Waals surface area contributed by atoms with E-state index in [2.05, 4.69) is 4.72 Å². The van der Waals surface area contributed by atoms with E-state index >= 15 is 0 Å². The minimum atomic E-state index is -3.72. The molecule has 0 aliphatic carbocycles. The molecular formula is C14H21NO5S. The highest BCUT2D eigenvalue weighted by atomic mass is 32.2. The molecule has 7 heteroatoms. The molecule has 0 fully saturated rings. The van der Waals surface area contributed by atoms with Gasteiger partial charge < -0.3 is 9.84 Å². The van der Waals surface area contributed by atoms with Crippen LogP contribution in [0.15, 0.2) is 17.0 Å². The van der Waals surface area contributed by atoms with Gasteiger partial charge in [-0.2, -0.15) is 0 Å². The molecule has 0 saturated carbocycles. The summed E-state index contributed by atoms with van der Waals surface area (Å²) in [5, 5.41) is 9.09. The molecule has 2 N–H and O–H groups in total. The van der Waals surface area contributed by atoms with Crippen LogP contribution in [-0.4, -0.2) is 39.3 Å². The van der Waals surface area contributed by atoms with Crippen molar-refractivity contribution < 1.29 is 23.1 Å². The second-order valence-electron chi connectivity index (χ2n) is 4.69. The molecule has 0 bridgehead atoms. The highest BCUT2D eigenvalue weighted by Crippen LogP contribution is 2.20. The fraction of sp³-hybridized carbons (Fsp3) is 0.500. The van der Waals surface area contributed by atoms with Gasteiger partial charge in [-0.1, -0.05) is 6.07 Å². The van der Waals surface area contributed by atoms with Crippen LogP contribution in [0.2, 0.25) is 0 Å². The van der Waals surface area contributed by atoms with Crippen molar-refractivity contribution in [2.24, 2.45) is 0 Å². The van der Waals surface area contributed by atoms with Crippen LogP contribution < -0.4 is 4.72 Å². The first-order valence-corrected chi connectivity index (χ1v) is 8.20. The SMILES string of the molecule is CCOCCCNS(=O)(=O)c1cc(C(=O)O)c(C)cc1C. The van der Waals surface area contributed by atoms with Crippen molar-refractivity contribution in [1.29, 1.82) is 0 Å². The van der Waals surface area contributed by atoms with Gasteiger partial charge >= 0.3 is 5.97 Å². The first-order chi connectivity index (χ1) is 9.79. The number of rotatable bonds is 8. The molecule has 0 atom stereocenters. The topological polar surface area (TPSA) is 92.7 Å². The maximum Gasteiger partial charge on any atom is 0.335 e. The molecule has 0 aromatic heterocycles. The van der Waals surface area contributed by atoms with E-state index < -0.39 is 16.0 Å². The van der Waals surface area contributed by atoms with Crippen LogP contribution in [0.4, 0.5) is 0 Å². The summed E-state index contributed by atoms with van der Waals surface area (Å²) in [6.45, 7) is 6.47. The first-order valence-electron chi connectivity index (χ1n) is 6.71. The summed E-state index contributed by atoms with van der Waals surface area (Å²) in [7, 11) is -3.72. The molecular weight excluding hydrogens is 294 g/mol. The quantitative estimate of drug-likeness (QED) is 0.712. The molecule has 0 unspecified atom stereocenters. The van der Waals surface area contributed by atoms with E-state index in [1.54, 1.807) is 19.9 Å². The Morgan fingerprint density at radius 1 is 1.29 bits per heavy atom. The van der Waals surface area contributed by atoms with E-state index in [4.69, 9.17) is 9.84 Å². The van der Waals surface area contributed by atoms with Gasteiger partial charge in [-0.25, -0.2) is 17.9 Å². The van der Waals surface area contributed by atoms with Crippen molar-refractivity contribution >= 4 is 16.0 Å². The highest BCUT2D eigenvalue weighted by molar-refractivity contribution is 7.89. The van der Waals surface area contributed by atoms with Crippen LogP contribution in [0.5, 0.6) is 0 Å². The van der Waals surface area contributed by atoms with E-state index in [-0.39, 0.29) is 17.0 Å². The molecule has 6 nitrogen and oxygen atoms in total. The number of aryl methyl sites for hydroxylation is 2.